The van der Waals surface area contributed by atoms with Crippen molar-refractivity contribution in [1.82, 2.24) is 5.32 Å². The molecule has 0 radical (unpaired) electrons. The summed E-state index contributed by atoms with van der Waals surface area (Å²) in [6.07, 6.45) is 3.40. The first-order valence-electron chi connectivity index (χ1n) is 6.63. The standard InChI is InChI=1S/C16H20BrNS/c1-12-4-3-5-13(10-12)6-7-14(18-2)11-16-15(17)8-9-19-16/h3-5,8-10,14,18H,6-7,11H2,1-2H3. The van der Waals surface area contributed by atoms with Crippen LogP contribution in [0.2, 0.25) is 0 Å². The van der Waals surface area contributed by atoms with Crippen LogP contribution in [0.15, 0.2) is 40.2 Å². The lowest BCUT2D eigenvalue weighted by Gasteiger charge is -2.15. The topological polar surface area (TPSA) is 12.0 Å². The first kappa shape index (κ1) is 14.8. The second kappa shape index (κ2) is 7.22. The summed E-state index contributed by atoms with van der Waals surface area (Å²) in [6, 6.07) is 11.5. The molecule has 102 valence electrons. The smallest absolute Gasteiger partial charge is 0.0314 e. The predicted octanol–water partition coefficient (Wildman–Crippen LogP) is 4.58. The minimum atomic E-state index is 0.537. The van der Waals surface area contributed by atoms with E-state index in [-0.39, 0.29) is 0 Å². The van der Waals surface area contributed by atoms with E-state index in [4.69, 9.17) is 0 Å². The molecule has 0 amide bonds. The van der Waals surface area contributed by atoms with E-state index in [0.29, 0.717) is 6.04 Å². The van der Waals surface area contributed by atoms with E-state index in [1.165, 1.54) is 26.9 Å². The average Bonchev–Trinajstić information content (AvgIpc) is 2.80. The lowest BCUT2D eigenvalue weighted by Crippen LogP contribution is -2.27. The lowest BCUT2D eigenvalue weighted by molar-refractivity contribution is 0.522. The van der Waals surface area contributed by atoms with Gasteiger partial charge in [0, 0.05) is 15.4 Å². The van der Waals surface area contributed by atoms with Gasteiger partial charge in [-0.1, -0.05) is 29.8 Å². The van der Waals surface area contributed by atoms with Crippen molar-refractivity contribution in [2.75, 3.05) is 7.05 Å². The van der Waals surface area contributed by atoms with Crippen LogP contribution in [-0.4, -0.2) is 13.1 Å². The third-order valence-corrected chi connectivity index (χ3v) is 5.34. The number of hydrogen-bond donors (Lipinski definition) is 1. The number of hydrogen-bond acceptors (Lipinski definition) is 2. The molecule has 0 saturated heterocycles. The lowest BCUT2D eigenvalue weighted by atomic mass is 10.0. The Kier molecular flexibility index (Phi) is 5.61. The van der Waals surface area contributed by atoms with E-state index >= 15 is 0 Å². The molecular weight excluding hydrogens is 318 g/mol. The van der Waals surface area contributed by atoms with Gasteiger partial charge in [0.2, 0.25) is 0 Å². The maximum absolute atomic E-state index is 3.61. The summed E-state index contributed by atoms with van der Waals surface area (Å²) in [7, 11) is 2.06. The molecule has 0 fully saturated rings. The highest BCUT2D eigenvalue weighted by Gasteiger charge is 2.11. The highest BCUT2D eigenvalue weighted by Crippen LogP contribution is 2.24. The Morgan fingerprint density at radius 1 is 1.32 bits per heavy atom. The Bertz CT molecular complexity index is 521. The van der Waals surface area contributed by atoms with Gasteiger partial charge in [-0.2, -0.15) is 0 Å². The number of aryl methyl sites for hydroxylation is 2. The minimum Gasteiger partial charge on any atom is -0.317 e. The Morgan fingerprint density at radius 2 is 2.16 bits per heavy atom. The molecule has 0 aliphatic rings. The Hall–Kier alpha value is -0.640. The highest BCUT2D eigenvalue weighted by atomic mass is 79.9. The van der Waals surface area contributed by atoms with Crippen molar-refractivity contribution < 1.29 is 0 Å². The van der Waals surface area contributed by atoms with Crippen molar-refractivity contribution >= 4 is 27.3 Å². The van der Waals surface area contributed by atoms with Crippen LogP contribution in [0.3, 0.4) is 0 Å². The van der Waals surface area contributed by atoms with Gasteiger partial charge in [0.25, 0.3) is 0 Å². The molecule has 3 heteroatoms. The quantitative estimate of drug-likeness (QED) is 0.813. The molecule has 2 aromatic rings. The molecule has 2 rings (SSSR count). The van der Waals surface area contributed by atoms with E-state index in [2.05, 4.69) is 70.9 Å². The third kappa shape index (κ3) is 4.44. The van der Waals surface area contributed by atoms with Gasteiger partial charge in [0.1, 0.15) is 0 Å². The van der Waals surface area contributed by atoms with Gasteiger partial charge in [0.05, 0.1) is 0 Å². The SMILES string of the molecule is CNC(CCc1cccc(C)c1)Cc1sccc1Br. The third-order valence-electron chi connectivity index (χ3n) is 3.40. The first-order valence-corrected chi connectivity index (χ1v) is 8.31. The van der Waals surface area contributed by atoms with Crippen LogP contribution in [0.25, 0.3) is 0 Å². The molecule has 1 unspecified atom stereocenters. The van der Waals surface area contributed by atoms with Crippen LogP contribution in [-0.2, 0) is 12.8 Å². The molecule has 0 aliphatic heterocycles. The van der Waals surface area contributed by atoms with Gasteiger partial charge in [-0.05, 0) is 66.2 Å². The van der Waals surface area contributed by atoms with Crippen LogP contribution in [0.1, 0.15) is 22.4 Å². The molecule has 1 heterocycles. The van der Waals surface area contributed by atoms with Crippen LogP contribution < -0.4 is 5.32 Å². The van der Waals surface area contributed by atoms with Crippen LogP contribution in [0.4, 0.5) is 0 Å². The maximum atomic E-state index is 3.61. The van der Waals surface area contributed by atoms with Gasteiger partial charge in [-0.25, -0.2) is 0 Å². The second-order valence-electron chi connectivity index (χ2n) is 4.91. The van der Waals surface area contributed by atoms with E-state index < -0.39 is 0 Å². The van der Waals surface area contributed by atoms with Crippen LogP contribution in [0.5, 0.6) is 0 Å². The van der Waals surface area contributed by atoms with Crippen LogP contribution in [0, 0.1) is 6.92 Å². The van der Waals surface area contributed by atoms with Gasteiger partial charge in [-0.3, -0.25) is 0 Å². The number of rotatable bonds is 6. The summed E-state index contributed by atoms with van der Waals surface area (Å²) in [6.45, 7) is 2.15. The fraction of sp³-hybridized carbons (Fsp3) is 0.375. The summed E-state index contributed by atoms with van der Waals surface area (Å²) < 4.78 is 1.24. The highest BCUT2D eigenvalue weighted by molar-refractivity contribution is 9.10. The van der Waals surface area contributed by atoms with Gasteiger partial charge in [-0.15, -0.1) is 11.3 Å². The Morgan fingerprint density at radius 3 is 2.79 bits per heavy atom. The summed E-state index contributed by atoms with van der Waals surface area (Å²) in [5, 5.41) is 5.58. The monoisotopic (exact) mass is 337 g/mol. The van der Waals surface area contributed by atoms with Crippen molar-refractivity contribution in [3.63, 3.8) is 0 Å². The largest absolute Gasteiger partial charge is 0.317 e. The molecule has 1 N–H and O–H groups in total. The van der Waals surface area contributed by atoms with Crippen molar-refractivity contribution in [2.45, 2.75) is 32.2 Å². The summed E-state index contributed by atoms with van der Waals surface area (Å²) in [5.74, 6) is 0. The maximum Gasteiger partial charge on any atom is 0.0314 e. The summed E-state index contributed by atoms with van der Waals surface area (Å²) in [5.41, 5.74) is 2.78. The van der Waals surface area contributed by atoms with Crippen molar-refractivity contribution in [3.8, 4) is 0 Å². The Balaban J connectivity index is 1.91. The number of nitrogens with one attached hydrogen (secondary N) is 1. The predicted molar refractivity (Wildman–Crippen MR) is 88.1 cm³/mol. The first-order chi connectivity index (χ1) is 9.19. The molecule has 0 aliphatic carbocycles. The van der Waals surface area contributed by atoms with Crippen molar-refractivity contribution in [1.29, 1.82) is 0 Å². The summed E-state index contributed by atoms with van der Waals surface area (Å²) in [4.78, 5) is 1.43. The fourth-order valence-corrected chi connectivity index (χ4v) is 3.85. The van der Waals surface area contributed by atoms with Gasteiger partial charge < -0.3 is 5.32 Å². The average molecular weight is 338 g/mol. The fourth-order valence-electron chi connectivity index (χ4n) is 2.25. The normalized spacial score (nSPS) is 12.6. The van der Waals surface area contributed by atoms with Crippen LogP contribution >= 0.6 is 27.3 Å². The van der Waals surface area contributed by atoms with Gasteiger partial charge in [0.15, 0.2) is 0 Å². The molecule has 1 nitrogen and oxygen atoms in total. The zero-order valence-electron chi connectivity index (χ0n) is 11.4. The van der Waals surface area contributed by atoms with E-state index in [9.17, 15) is 0 Å². The van der Waals surface area contributed by atoms with Crippen molar-refractivity contribution in [2.24, 2.45) is 0 Å². The molecule has 19 heavy (non-hydrogen) atoms. The van der Waals surface area contributed by atoms with Gasteiger partial charge >= 0.3 is 0 Å². The van der Waals surface area contributed by atoms with E-state index in [1.807, 2.05) is 11.3 Å². The number of halogens is 1. The zero-order chi connectivity index (χ0) is 13.7. The van der Waals surface area contributed by atoms with E-state index in [0.717, 1.165) is 12.8 Å². The molecular formula is C16H20BrNS. The molecule has 0 saturated carbocycles. The second-order valence-corrected chi connectivity index (χ2v) is 6.76. The Labute approximate surface area is 128 Å². The molecule has 1 aromatic heterocycles. The zero-order valence-corrected chi connectivity index (χ0v) is 13.9. The molecule has 1 aromatic carbocycles. The minimum absolute atomic E-state index is 0.537. The number of benzene rings is 1. The van der Waals surface area contributed by atoms with Crippen molar-refractivity contribution in [3.05, 3.63) is 56.2 Å². The molecule has 1 atom stereocenters. The summed E-state index contributed by atoms with van der Waals surface area (Å²) >= 11 is 5.44. The number of thiophene rings is 1. The molecule has 0 bridgehead atoms. The number of likely N-dealkylation sites (N-methyl/N-ethyl adjacent to an activating group) is 1. The van der Waals surface area contributed by atoms with E-state index in [1.54, 1.807) is 0 Å². The molecule has 0 spiro atoms.